The Balaban J connectivity index is 1.56. The summed E-state index contributed by atoms with van der Waals surface area (Å²) in [4.78, 5) is 4.65. The van der Waals surface area contributed by atoms with Gasteiger partial charge in [0.1, 0.15) is 11.8 Å². The highest BCUT2D eigenvalue weighted by Crippen LogP contribution is 2.37. The first-order valence-electron chi connectivity index (χ1n) is 10.8. The molecule has 0 radical (unpaired) electrons. The molecule has 32 heavy (non-hydrogen) atoms. The minimum atomic E-state index is -0.0106. The SMILES string of the molecule is CNSCCNC1CCc2c(-c3noc(-c4ccc(OC(C)C)c(C#N)c4)n3)cccc21. The number of ether oxygens (including phenoxy) is 1. The Hall–Kier alpha value is -2.86. The summed E-state index contributed by atoms with van der Waals surface area (Å²) in [5, 5.41) is 17.4. The van der Waals surface area contributed by atoms with Crippen molar-refractivity contribution in [1.82, 2.24) is 20.2 Å². The second-order valence-electron chi connectivity index (χ2n) is 7.88. The number of aromatic nitrogens is 2. The van der Waals surface area contributed by atoms with E-state index in [0.29, 0.717) is 34.6 Å². The number of nitriles is 1. The van der Waals surface area contributed by atoms with Crippen LogP contribution in [0.25, 0.3) is 22.8 Å². The lowest BCUT2D eigenvalue weighted by Gasteiger charge is -2.14. The Labute approximate surface area is 192 Å². The molecule has 2 aromatic carbocycles. The van der Waals surface area contributed by atoms with E-state index in [2.05, 4.69) is 38.4 Å². The van der Waals surface area contributed by atoms with Crippen molar-refractivity contribution >= 4 is 11.9 Å². The Morgan fingerprint density at radius 3 is 2.97 bits per heavy atom. The molecule has 1 aliphatic rings. The monoisotopic (exact) mass is 449 g/mol. The summed E-state index contributed by atoms with van der Waals surface area (Å²) in [5.74, 6) is 2.53. The van der Waals surface area contributed by atoms with Gasteiger partial charge < -0.3 is 14.6 Å². The minimum Gasteiger partial charge on any atom is -0.490 e. The van der Waals surface area contributed by atoms with Gasteiger partial charge in [-0.25, -0.2) is 0 Å². The van der Waals surface area contributed by atoms with E-state index < -0.39 is 0 Å². The van der Waals surface area contributed by atoms with Crippen molar-refractivity contribution in [3.05, 3.63) is 53.1 Å². The van der Waals surface area contributed by atoms with Crippen LogP contribution in [0.5, 0.6) is 5.75 Å². The molecule has 166 valence electrons. The third-order valence-corrected chi connectivity index (χ3v) is 6.08. The van der Waals surface area contributed by atoms with Crippen molar-refractivity contribution in [2.75, 3.05) is 19.3 Å². The molecule has 0 saturated carbocycles. The van der Waals surface area contributed by atoms with Gasteiger partial charge in [0, 0.05) is 29.5 Å². The largest absolute Gasteiger partial charge is 0.490 e. The van der Waals surface area contributed by atoms with Crippen LogP contribution >= 0.6 is 11.9 Å². The molecule has 1 aromatic heterocycles. The lowest BCUT2D eigenvalue weighted by atomic mass is 10.0. The van der Waals surface area contributed by atoms with Gasteiger partial charge in [-0.2, -0.15) is 10.2 Å². The van der Waals surface area contributed by atoms with E-state index in [9.17, 15) is 5.26 Å². The summed E-state index contributed by atoms with van der Waals surface area (Å²) in [5.41, 5.74) is 4.74. The Kier molecular flexibility index (Phi) is 7.10. The third kappa shape index (κ3) is 4.80. The van der Waals surface area contributed by atoms with Gasteiger partial charge in [0.05, 0.1) is 11.7 Å². The number of benzene rings is 2. The van der Waals surface area contributed by atoms with Gasteiger partial charge in [0.2, 0.25) is 5.82 Å². The maximum atomic E-state index is 9.50. The van der Waals surface area contributed by atoms with E-state index in [1.807, 2.05) is 33.0 Å². The molecule has 1 heterocycles. The molecule has 3 aromatic rings. The van der Waals surface area contributed by atoms with E-state index in [1.54, 1.807) is 24.1 Å². The van der Waals surface area contributed by atoms with Crippen molar-refractivity contribution in [3.63, 3.8) is 0 Å². The standard InChI is InChI=1S/C24H27N5O2S/c1-15(2)30-22-10-7-16(13-17(22)14-25)24-28-23(29-31-24)20-6-4-5-19-18(20)8-9-21(19)27-11-12-32-26-3/h4-7,10,13,15,21,26-27H,8-9,11-12H2,1-3H3. The highest BCUT2D eigenvalue weighted by molar-refractivity contribution is 7.97. The first-order valence-corrected chi connectivity index (χ1v) is 11.8. The zero-order chi connectivity index (χ0) is 22.5. The average molecular weight is 450 g/mol. The molecule has 7 nitrogen and oxygen atoms in total. The number of nitrogens with zero attached hydrogens (tertiary/aromatic N) is 3. The third-order valence-electron chi connectivity index (χ3n) is 5.39. The van der Waals surface area contributed by atoms with E-state index in [4.69, 9.17) is 9.26 Å². The van der Waals surface area contributed by atoms with Gasteiger partial charge in [-0.05, 0) is 63.1 Å². The van der Waals surface area contributed by atoms with Crippen LogP contribution in [0.4, 0.5) is 0 Å². The molecule has 8 heteroatoms. The molecular formula is C24H27N5O2S. The fourth-order valence-electron chi connectivity index (χ4n) is 4.02. The normalized spacial score (nSPS) is 15.0. The van der Waals surface area contributed by atoms with Crippen LogP contribution in [0.3, 0.4) is 0 Å². The predicted octanol–water partition coefficient (Wildman–Crippen LogP) is 4.51. The molecule has 1 aliphatic carbocycles. The Bertz CT molecular complexity index is 1120. The van der Waals surface area contributed by atoms with Crippen LogP contribution in [0.1, 0.15) is 43.0 Å². The van der Waals surface area contributed by atoms with Crippen LogP contribution in [-0.4, -0.2) is 35.6 Å². The van der Waals surface area contributed by atoms with Gasteiger partial charge in [-0.15, -0.1) is 0 Å². The quantitative estimate of drug-likeness (QED) is 0.364. The summed E-state index contributed by atoms with van der Waals surface area (Å²) in [7, 11) is 1.94. The first kappa shape index (κ1) is 22.3. The minimum absolute atomic E-state index is 0.0106. The van der Waals surface area contributed by atoms with Crippen molar-refractivity contribution < 1.29 is 9.26 Å². The zero-order valence-electron chi connectivity index (χ0n) is 18.5. The second-order valence-corrected chi connectivity index (χ2v) is 8.99. The molecule has 0 amide bonds. The van der Waals surface area contributed by atoms with Gasteiger partial charge in [-0.1, -0.05) is 35.3 Å². The fraction of sp³-hybridized carbons (Fsp3) is 0.375. The summed E-state index contributed by atoms with van der Waals surface area (Å²) in [6, 6.07) is 14.2. The first-order chi connectivity index (χ1) is 15.6. The Morgan fingerprint density at radius 1 is 1.31 bits per heavy atom. The van der Waals surface area contributed by atoms with E-state index in [1.165, 1.54) is 11.1 Å². The summed E-state index contributed by atoms with van der Waals surface area (Å²) < 4.78 is 14.4. The summed E-state index contributed by atoms with van der Waals surface area (Å²) in [6.45, 7) is 4.81. The van der Waals surface area contributed by atoms with Crippen LogP contribution in [0.2, 0.25) is 0 Å². The van der Waals surface area contributed by atoms with Crippen LogP contribution in [0, 0.1) is 11.3 Å². The highest BCUT2D eigenvalue weighted by atomic mass is 32.2. The number of hydrogen-bond acceptors (Lipinski definition) is 8. The van der Waals surface area contributed by atoms with Crippen molar-refractivity contribution in [2.24, 2.45) is 0 Å². The van der Waals surface area contributed by atoms with E-state index in [0.717, 1.165) is 30.7 Å². The molecule has 1 unspecified atom stereocenters. The smallest absolute Gasteiger partial charge is 0.258 e. The fourth-order valence-corrected chi connectivity index (χ4v) is 4.44. The lowest BCUT2D eigenvalue weighted by molar-refractivity contribution is 0.241. The van der Waals surface area contributed by atoms with Crippen molar-refractivity contribution in [1.29, 1.82) is 5.26 Å². The number of fused-ring (bicyclic) bond motifs is 1. The molecule has 0 bridgehead atoms. The predicted molar refractivity (Wildman–Crippen MR) is 126 cm³/mol. The maximum absolute atomic E-state index is 9.50. The van der Waals surface area contributed by atoms with E-state index in [-0.39, 0.29) is 6.10 Å². The molecule has 0 fully saturated rings. The number of nitrogens with one attached hydrogen (secondary N) is 2. The van der Waals surface area contributed by atoms with Crippen LogP contribution in [0.15, 0.2) is 40.9 Å². The summed E-state index contributed by atoms with van der Waals surface area (Å²) in [6.07, 6.45) is 2.03. The average Bonchev–Trinajstić information content (AvgIpc) is 3.44. The van der Waals surface area contributed by atoms with E-state index >= 15 is 0 Å². The van der Waals surface area contributed by atoms with Gasteiger partial charge in [-0.3, -0.25) is 4.72 Å². The molecule has 0 spiro atoms. The maximum Gasteiger partial charge on any atom is 0.258 e. The molecule has 2 N–H and O–H groups in total. The number of rotatable bonds is 9. The van der Waals surface area contributed by atoms with Gasteiger partial charge >= 0.3 is 0 Å². The molecule has 4 rings (SSSR count). The van der Waals surface area contributed by atoms with Crippen LogP contribution in [-0.2, 0) is 6.42 Å². The Morgan fingerprint density at radius 2 is 2.19 bits per heavy atom. The van der Waals surface area contributed by atoms with Crippen molar-refractivity contribution in [2.45, 2.75) is 38.8 Å². The van der Waals surface area contributed by atoms with Gasteiger partial charge in [0.15, 0.2) is 0 Å². The molecular weight excluding hydrogens is 422 g/mol. The molecule has 0 saturated heterocycles. The highest BCUT2D eigenvalue weighted by Gasteiger charge is 2.26. The molecule has 1 atom stereocenters. The topological polar surface area (TPSA) is 96.0 Å². The lowest BCUT2D eigenvalue weighted by Crippen LogP contribution is -2.22. The number of hydrogen-bond donors (Lipinski definition) is 2. The second kappa shape index (κ2) is 10.2. The zero-order valence-corrected chi connectivity index (χ0v) is 19.3. The van der Waals surface area contributed by atoms with Crippen molar-refractivity contribution in [3.8, 4) is 34.7 Å². The molecule has 0 aliphatic heterocycles. The van der Waals surface area contributed by atoms with Gasteiger partial charge in [0.25, 0.3) is 5.89 Å². The van der Waals surface area contributed by atoms with Crippen LogP contribution < -0.4 is 14.8 Å². The summed E-state index contributed by atoms with van der Waals surface area (Å²) >= 11 is 1.71.